The molecule has 2 amide bonds. The summed E-state index contributed by atoms with van der Waals surface area (Å²) in [7, 11) is 0. The van der Waals surface area contributed by atoms with Crippen molar-refractivity contribution in [2.24, 2.45) is 0 Å². The summed E-state index contributed by atoms with van der Waals surface area (Å²) in [6.07, 6.45) is 0. The van der Waals surface area contributed by atoms with Gasteiger partial charge in [0.05, 0.1) is 5.56 Å². The Morgan fingerprint density at radius 3 is 2.08 bits per heavy atom. The maximum atomic E-state index is 12.4. The van der Waals surface area contributed by atoms with Gasteiger partial charge in [-0.15, -0.1) is 0 Å². The van der Waals surface area contributed by atoms with Crippen LogP contribution >= 0.6 is 15.9 Å². The van der Waals surface area contributed by atoms with Crippen LogP contribution in [0.2, 0.25) is 0 Å². The Morgan fingerprint density at radius 2 is 1.32 bits per heavy atom. The van der Waals surface area contributed by atoms with Crippen molar-refractivity contribution < 1.29 is 9.59 Å². The Balaban J connectivity index is 1.74. The zero-order valence-electron chi connectivity index (χ0n) is 13.2. The number of para-hydroxylation sites is 1. The number of hydrogen-bond donors (Lipinski definition) is 2. The highest BCUT2D eigenvalue weighted by molar-refractivity contribution is 9.10. The maximum Gasteiger partial charge on any atom is 0.256 e. The number of anilines is 2. The minimum Gasteiger partial charge on any atom is -0.322 e. The van der Waals surface area contributed by atoms with Crippen molar-refractivity contribution in [3.05, 3.63) is 94.5 Å². The average molecular weight is 395 g/mol. The van der Waals surface area contributed by atoms with Crippen LogP contribution < -0.4 is 10.6 Å². The summed E-state index contributed by atoms with van der Waals surface area (Å²) in [5.74, 6) is -0.476. The van der Waals surface area contributed by atoms with E-state index in [2.05, 4.69) is 26.6 Å². The van der Waals surface area contributed by atoms with Crippen molar-refractivity contribution in [2.45, 2.75) is 0 Å². The molecule has 0 unspecified atom stereocenters. The smallest absolute Gasteiger partial charge is 0.256 e. The van der Waals surface area contributed by atoms with Crippen LogP contribution in [0.15, 0.2) is 83.3 Å². The number of hydrogen-bond acceptors (Lipinski definition) is 2. The minimum absolute atomic E-state index is 0.233. The van der Waals surface area contributed by atoms with Crippen LogP contribution in [0.5, 0.6) is 0 Å². The highest BCUT2D eigenvalue weighted by Gasteiger charge is 2.11. The molecule has 0 radical (unpaired) electrons. The zero-order valence-corrected chi connectivity index (χ0v) is 14.8. The van der Waals surface area contributed by atoms with E-state index in [1.165, 1.54) is 0 Å². The van der Waals surface area contributed by atoms with Crippen LogP contribution in [-0.4, -0.2) is 11.8 Å². The fraction of sp³-hybridized carbons (Fsp3) is 0. The van der Waals surface area contributed by atoms with Gasteiger partial charge in [0.2, 0.25) is 0 Å². The molecule has 0 aromatic heterocycles. The van der Waals surface area contributed by atoms with Crippen molar-refractivity contribution in [1.29, 1.82) is 0 Å². The third-order valence-corrected chi connectivity index (χ3v) is 4.22. The predicted molar refractivity (Wildman–Crippen MR) is 103 cm³/mol. The van der Waals surface area contributed by atoms with Crippen LogP contribution in [0, 0.1) is 0 Å². The van der Waals surface area contributed by atoms with Gasteiger partial charge in [-0.1, -0.05) is 36.4 Å². The number of benzene rings is 3. The van der Waals surface area contributed by atoms with Crippen LogP contribution in [-0.2, 0) is 0 Å². The van der Waals surface area contributed by atoms with Gasteiger partial charge in [0.15, 0.2) is 0 Å². The first-order valence-electron chi connectivity index (χ1n) is 7.66. The molecular weight excluding hydrogens is 380 g/mol. The molecule has 0 atom stereocenters. The summed E-state index contributed by atoms with van der Waals surface area (Å²) in [6.45, 7) is 0. The second-order valence-corrected chi connectivity index (χ2v) is 6.19. The van der Waals surface area contributed by atoms with Gasteiger partial charge >= 0.3 is 0 Å². The fourth-order valence-electron chi connectivity index (χ4n) is 2.31. The van der Waals surface area contributed by atoms with Gasteiger partial charge in [-0.2, -0.15) is 0 Å². The van der Waals surface area contributed by atoms with Crippen LogP contribution in [0.4, 0.5) is 11.4 Å². The van der Waals surface area contributed by atoms with E-state index >= 15 is 0 Å². The monoisotopic (exact) mass is 394 g/mol. The molecule has 0 aliphatic carbocycles. The molecule has 3 aromatic rings. The van der Waals surface area contributed by atoms with E-state index in [0.29, 0.717) is 21.3 Å². The quantitative estimate of drug-likeness (QED) is 0.657. The molecule has 0 aliphatic rings. The Morgan fingerprint density at radius 1 is 0.680 bits per heavy atom. The van der Waals surface area contributed by atoms with Crippen molar-refractivity contribution in [3.63, 3.8) is 0 Å². The number of rotatable bonds is 4. The van der Waals surface area contributed by atoms with E-state index in [4.69, 9.17) is 0 Å². The van der Waals surface area contributed by atoms with E-state index in [9.17, 15) is 9.59 Å². The first-order valence-corrected chi connectivity index (χ1v) is 8.45. The van der Waals surface area contributed by atoms with E-state index in [-0.39, 0.29) is 11.8 Å². The molecule has 0 spiro atoms. The van der Waals surface area contributed by atoms with Crippen molar-refractivity contribution in [1.82, 2.24) is 0 Å². The second-order valence-electron chi connectivity index (χ2n) is 5.33. The summed E-state index contributed by atoms with van der Waals surface area (Å²) in [4.78, 5) is 24.7. The molecule has 4 nitrogen and oxygen atoms in total. The Hall–Kier alpha value is -2.92. The standard InChI is InChI=1S/C20H15BrN2O2/c21-18-12-5-4-11-17(18)20(25)23-16-10-6-7-14(13-16)19(24)22-15-8-2-1-3-9-15/h1-13H,(H,22,24)(H,23,25). The van der Waals surface area contributed by atoms with Gasteiger partial charge in [0.1, 0.15) is 0 Å². The molecule has 25 heavy (non-hydrogen) atoms. The van der Waals surface area contributed by atoms with Crippen molar-refractivity contribution >= 4 is 39.1 Å². The molecule has 0 saturated heterocycles. The number of nitrogens with one attached hydrogen (secondary N) is 2. The number of amides is 2. The number of halogens is 1. The lowest BCUT2D eigenvalue weighted by atomic mass is 10.1. The first kappa shape index (κ1) is 16.9. The predicted octanol–water partition coefficient (Wildman–Crippen LogP) is 4.95. The molecule has 3 aromatic carbocycles. The van der Waals surface area contributed by atoms with E-state index in [0.717, 1.165) is 5.69 Å². The highest BCUT2D eigenvalue weighted by Crippen LogP contribution is 2.19. The molecule has 0 bridgehead atoms. The van der Waals surface area contributed by atoms with Gasteiger partial charge in [-0.25, -0.2) is 0 Å². The topological polar surface area (TPSA) is 58.2 Å². The summed E-state index contributed by atoms with van der Waals surface area (Å²) in [6, 6.07) is 23.2. The van der Waals surface area contributed by atoms with Crippen molar-refractivity contribution in [2.75, 3.05) is 10.6 Å². The first-order chi connectivity index (χ1) is 12.1. The summed E-state index contributed by atoms with van der Waals surface area (Å²) in [5, 5.41) is 5.63. The summed E-state index contributed by atoms with van der Waals surface area (Å²) in [5.41, 5.74) is 2.27. The minimum atomic E-state index is -0.243. The molecular formula is C20H15BrN2O2. The molecule has 124 valence electrons. The van der Waals surface area contributed by atoms with Gasteiger partial charge in [0, 0.05) is 21.4 Å². The lowest BCUT2D eigenvalue weighted by Crippen LogP contribution is -2.15. The third kappa shape index (κ3) is 4.33. The Bertz CT molecular complexity index is 910. The maximum absolute atomic E-state index is 12.4. The molecule has 0 aliphatic heterocycles. The molecule has 5 heteroatoms. The van der Waals surface area contributed by atoms with Gasteiger partial charge in [-0.3, -0.25) is 9.59 Å². The molecule has 2 N–H and O–H groups in total. The Labute approximate surface area is 154 Å². The van der Waals surface area contributed by atoms with E-state index in [1.54, 1.807) is 42.5 Å². The molecule has 0 saturated carbocycles. The number of carbonyl (C=O) groups excluding carboxylic acids is 2. The Kier molecular flexibility index (Phi) is 5.26. The van der Waals surface area contributed by atoms with Gasteiger partial charge < -0.3 is 10.6 Å². The fourth-order valence-corrected chi connectivity index (χ4v) is 2.77. The van der Waals surface area contributed by atoms with Gasteiger partial charge in [-0.05, 0) is 58.4 Å². The van der Waals surface area contributed by atoms with Crippen LogP contribution in [0.25, 0.3) is 0 Å². The molecule has 0 fully saturated rings. The third-order valence-electron chi connectivity index (χ3n) is 3.53. The van der Waals surface area contributed by atoms with Crippen LogP contribution in [0.1, 0.15) is 20.7 Å². The van der Waals surface area contributed by atoms with Gasteiger partial charge in [0.25, 0.3) is 11.8 Å². The number of carbonyl (C=O) groups is 2. The SMILES string of the molecule is O=C(Nc1ccccc1)c1cccc(NC(=O)c2ccccc2Br)c1. The molecule has 0 heterocycles. The normalized spacial score (nSPS) is 10.1. The van der Waals surface area contributed by atoms with E-state index < -0.39 is 0 Å². The van der Waals surface area contributed by atoms with Crippen LogP contribution in [0.3, 0.4) is 0 Å². The second kappa shape index (κ2) is 7.77. The lowest BCUT2D eigenvalue weighted by Gasteiger charge is -2.09. The van der Waals surface area contributed by atoms with E-state index in [1.807, 2.05) is 36.4 Å². The summed E-state index contributed by atoms with van der Waals surface area (Å²) >= 11 is 3.36. The lowest BCUT2D eigenvalue weighted by molar-refractivity contribution is 0.101. The molecule has 3 rings (SSSR count). The average Bonchev–Trinajstić information content (AvgIpc) is 2.63. The zero-order chi connectivity index (χ0) is 17.6. The largest absolute Gasteiger partial charge is 0.322 e. The summed E-state index contributed by atoms with van der Waals surface area (Å²) < 4.78 is 0.713. The van der Waals surface area contributed by atoms with Crippen molar-refractivity contribution in [3.8, 4) is 0 Å². The highest BCUT2D eigenvalue weighted by atomic mass is 79.9.